The van der Waals surface area contributed by atoms with E-state index in [1.54, 1.807) is 0 Å². The number of halogens is 4. The van der Waals surface area contributed by atoms with Crippen molar-refractivity contribution in [2.75, 3.05) is 0 Å². The van der Waals surface area contributed by atoms with Gasteiger partial charge in [-0.15, -0.1) is 0 Å². The molecule has 4 N–H and O–H groups in total. The van der Waals surface area contributed by atoms with Gasteiger partial charge in [-0.3, -0.25) is 5.32 Å². The van der Waals surface area contributed by atoms with Crippen LogP contribution in [0.1, 0.15) is 11.1 Å². The number of nitrogens with one attached hydrogen (secondary N) is 2. The summed E-state index contributed by atoms with van der Waals surface area (Å²) in [7, 11) is 0. The van der Waals surface area contributed by atoms with Crippen LogP contribution in [0, 0.1) is 0 Å². The molecule has 19 heavy (non-hydrogen) atoms. The third kappa shape index (κ3) is 4.82. The molecule has 1 aromatic carbocycles. The van der Waals surface area contributed by atoms with Gasteiger partial charge in [0.1, 0.15) is 0 Å². The molecule has 0 unspecified atom stereocenters. The highest BCUT2D eigenvalue weighted by Crippen LogP contribution is 2.29. The van der Waals surface area contributed by atoms with Gasteiger partial charge in [-0.2, -0.15) is 13.2 Å². The number of amides is 2. The lowest BCUT2D eigenvalue weighted by molar-refractivity contribution is -0.137. The first kappa shape index (κ1) is 14.7. The van der Waals surface area contributed by atoms with Gasteiger partial charge in [0.05, 0.1) is 5.56 Å². The highest BCUT2D eigenvalue weighted by atomic mass is 19.4. The molecule has 0 fully saturated rings. The molecule has 0 saturated carbocycles. The molecule has 9 heteroatoms. The molecule has 0 heterocycles. The van der Waals surface area contributed by atoms with E-state index < -0.39 is 23.7 Å². The molecule has 1 rings (SSSR count). The number of benzene rings is 1. The van der Waals surface area contributed by atoms with Crippen molar-refractivity contribution in [3.63, 3.8) is 0 Å². The number of nitrogens with two attached hydrogens (primary N) is 1. The van der Waals surface area contributed by atoms with Crippen LogP contribution < -0.4 is 16.4 Å². The van der Waals surface area contributed by atoms with Crippen molar-refractivity contribution in [2.45, 2.75) is 12.7 Å². The summed E-state index contributed by atoms with van der Waals surface area (Å²) >= 11 is 0. The van der Waals surface area contributed by atoms with Crippen molar-refractivity contribution >= 4 is 12.0 Å². The summed E-state index contributed by atoms with van der Waals surface area (Å²) in [5.74, 6) is -0.749. The Morgan fingerprint density at radius 3 is 2.63 bits per heavy atom. The standard InChI is InChI=1S/C10H10F4N4O/c11-10(12,13)7-3-1-2-6(4-7)5-16-9(19)17-8(15)18-14/h1-4H,5H2,(H4,15,16,17,18,19). The smallest absolute Gasteiger partial charge is 0.367 e. The predicted octanol–water partition coefficient (Wildman–Crippen LogP) is 1.70. The fraction of sp³-hybridized carbons (Fsp3) is 0.200. The van der Waals surface area contributed by atoms with Crippen LogP contribution in [0.3, 0.4) is 0 Å². The summed E-state index contributed by atoms with van der Waals surface area (Å²) in [5.41, 5.74) is 4.29. The van der Waals surface area contributed by atoms with Gasteiger partial charge >= 0.3 is 12.2 Å². The predicted molar refractivity (Wildman–Crippen MR) is 59.5 cm³/mol. The lowest BCUT2D eigenvalue weighted by Gasteiger charge is -2.09. The van der Waals surface area contributed by atoms with Gasteiger partial charge < -0.3 is 11.1 Å². The van der Waals surface area contributed by atoms with E-state index in [-0.39, 0.29) is 12.1 Å². The largest absolute Gasteiger partial charge is 0.416 e. The Morgan fingerprint density at radius 1 is 1.37 bits per heavy atom. The Morgan fingerprint density at radius 2 is 2.05 bits per heavy atom. The van der Waals surface area contributed by atoms with Gasteiger partial charge in [-0.1, -0.05) is 21.8 Å². The third-order valence-corrected chi connectivity index (χ3v) is 2.04. The van der Waals surface area contributed by atoms with Crippen LogP contribution >= 0.6 is 0 Å². The number of rotatable bonds is 2. The molecule has 0 saturated heterocycles. The van der Waals surface area contributed by atoms with Gasteiger partial charge in [0.25, 0.3) is 0 Å². The van der Waals surface area contributed by atoms with Crippen molar-refractivity contribution in [3.8, 4) is 0 Å². The molecular weight excluding hydrogens is 268 g/mol. The first-order valence-corrected chi connectivity index (χ1v) is 4.98. The molecule has 0 bridgehead atoms. The molecule has 2 amide bonds. The number of carbonyl (C=O) groups is 1. The molecule has 0 spiro atoms. The van der Waals surface area contributed by atoms with E-state index in [1.165, 1.54) is 12.1 Å². The molecule has 0 aliphatic carbocycles. The SMILES string of the molecule is N/C(=N\F)NC(=O)NCc1cccc(C(F)(F)F)c1. The minimum atomic E-state index is -4.45. The number of guanidine groups is 1. The molecule has 0 atom stereocenters. The van der Waals surface area contributed by atoms with Crippen molar-refractivity contribution in [1.29, 1.82) is 0 Å². The first-order chi connectivity index (χ1) is 8.82. The molecule has 104 valence electrons. The fourth-order valence-corrected chi connectivity index (χ4v) is 1.22. The van der Waals surface area contributed by atoms with Crippen molar-refractivity contribution in [3.05, 3.63) is 35.4 Å². The van der Waals surface area contributed by atoms with Crippen LogP contribution in [0.4, 0.5) is 22.4 Å². The van der Waals surface area contributed by atoms with E-state index >= 15 is 0 Å². The lowest BCUT2D eigenvalue weighted by atomic mass is 10.1. The van der Waals surface area contributed by atoms with E-state index in [9.17, 15) is 22.4 Å². The average molecular weight is 278 g/mol. The average Bonchev–Trinajstić information content (AvgIpc) is 2.35. The van der Waals surface area contributed by atoms with Crippen LogP contribution in [0.2, 0.25) is 0 Å². The van der Waals surface area contributed by atoms with E-state index in [0.29, 0.717) is 0 Å². The Labute approximate surface area is 105 Å². The number of carbonyl (C=O) groups excluding carboxylic acids is 1. The molecule has 0 aliphatic rings. The van der Waals surface area contributed by atoms with Gasteiger partial charge in [0.2, 0.25) is 5.96 Å². The third-order valence-electron chi connectivity index (χ3n) is 2.04. The Kier molecular flexibility index (Phi) is 4.67. The molecule has 1 aromatic rings. The Balaban J connectivity index is 2.61. The summed E-state index contributed by atoms with van der Waals surface area (Å²) < 4.78 is 48.8. The zero-order valence-electron chi connectivity index (χ0n) is 9.46. The maximum atomic E-state index is 12.4. The number of alkyl halides is 3. The summed E-state index contributed by atoms with van der Waals surface area (Å²) in [6.45, 7) is -0.171. The zero-order chi connectivity index (χ0) is 14.5. The minimum absolute atomic E-state index is 0.171. The van der Waals surface area contributed by atoms with Crippen LogP contribution in [0.25, 0.3) is 0 Å². The molecule has 0 aromatic heterocycles. The highest BCUT2D eigenvalue weighted by molar-refractivity contribution is 5.94. The second kappa shape index (κ2) is 6.03. The van der Waals surface area contributed by atoms with E-state index in [4.69, 9.17) is 5.73 Å². The minimum Gasteiger partial charge on any atom is -0.367 e. The van der Waals surface area contributed by atoms with Crippen molar-refractivity contribution in [1.82, 2.24) is 10.6 Å². The summed E-state index contributed by atoms with van der Waals surface area (Å²) in [4.78, 5) is 11.1. The topological polar surface area (TPSA) is 79.5 Å². The monoisotopic (exact) mass is 278 g/mol. The quantitative estimate of drug-likeness (QED) is 0.437. The second-order valence-electron chi connectivity index (χ2n) is 3.48. The maximum Gasteiger partial charge on any atom is 0.416 e. The Hall–Kier alpha value is -2.32. The maximum absolute atomic E-state index is 12.4. The Bertz CT molecular complexity index is 487. The van der Waals surface area contributed by atoms with Gasteiger partial charge in [0.15, 0.2) is 0 Å². The second-order valence-corrected chi connectivity index (χ2v) is 3.48. The van der Waals surface area contributed by atoms with Crippen molar-refractivity contribution < 1.29 is 22.4 Å². The van der Waals surface area contributed by atoms with Gasteiger partial charge in [-0.05, 0) is 17.7 Å². The molecular formula is C10H10F4N4O. The summed E-state index contributed by atoms with van der Waals surface area (Å²) in [6.07, 6.45) is -4.45. The van der Waals surface area contributed by atoms with E-state index in [2.05, 4.69) is 5.32 Å². The highest BCUT2D eigenvalue weighted by Gasteiger charge is 2.30. The fourth-order valence-electron chi connectivity index (χ4n) is 1.22. The van der Waals surface area contributed by atoms with Gasteiger partial charge in [-0.25, -0.2) is 4.79 Å². The van der Waals surface area contributed by atoms with Crippen LogP contribution in [0.5, 0.6) is 0 Å². The van der Waals surface area contributed by atoms with E-state index in [0.717, 1.165) is 12.1 Å². The summed E-state index contributed by atoms with van der Waals surface area (Å²) in [5, 5.41) is 6.03. The molecule has 5 nitrogen and oxygen atoms in total. The number of urea groups is 1. The molecule has 0 aliphatic heterocycles. The van der Waals surface area contributed by atoms with Crippen LogP contribution in [-0.4, -0.2) is 12.0 Å². The molecule has 0 radical (unpaired) electrons. The lowest BCUT2D eigenvalue weighted by Crippen LogP contribution is -2.42. The summed E-state index contributed by atoms with van der Waals surface area (Å²) in [6, 6.07) is 3.55. The normalized spacial score (nSPS) is 12.1. The first-order valence-electron chi connectivity index (χ1n) is 4.98. The van der Waals surface area contributed by atoms with E-state index in [1.807, 2.05) is 10.5 Å². The van der Waals surface area contributed by atoms with Crippen LogP contribution in [0.15, 0.2) is 29.5 Å². The number of nitrogens with zero attached hydrogens (tertiary/aromatic N) is 1. The van der Waals surface area contributed by atoms with Gasteiger partial charge in [0, 0.05) is 6.54 Å². The van der Waals surface area contributed by atoms with Crippen LogP contribution in [-0.2, 0) is 12.7 Å². The number of hydrogen-bond acceptors (Lipinski definition) is 2. The zero-order valence-corrected chi connectivity index (χ0v) is 9.46. The van der Waals surface area contributed by atoms with Crippen molar-refractivity contribution in [2.24, 2.45) is 10.9 Å². The number of hydrogen-bond donors (Lipinski definition) is 3.